The van der Waals surface area contributed by atoms with Crippen molar-refractivity contribution in [2.75, 3.05) is 5.73 Å². The summed E-state index contributed by atoms with van der Waals surface area (Å²) in [5.74, 6) is -0.297. The molecule has 86 valence electrons. The lowest BCUT2D eigenvalue weighted by molar-refractivity contribution is 0.103. The van der Waals surface area contributed by atoms with Gasteiger partial charge in [-0.25, -0.2) is 0 Å². The highest BCUT2D eigenvalue weighted by atomic mass is 79.9. The Morgan fingerprint density at radius 2 is 1.71 bits per heavy atom. The highest BCUT2D eigenvalue weighted by molar-refractivity contribution is 9.10. The van der Waals surface area contributed by atoms with Gasteiger partial charge in [0.25, 0.3) is 0 Å². The first kappa shape index (κ1) is 11.7. The maximum atomic E-state index is 12.2. The molecule has 0 amide bonds. The molecule has 3 nitrogen and oxygen atoms in total. The quantitative estimate of drug-likeness (QED) is 0.508. The molecule has 0 saturated heterocycles. The second kappa shape index (κ2) is 4.59. The molecule has 0 heterocycles. The van der Waals surface area contributed by atoms with Crippen molar-refractivity contribution in [3.63, 3.8) is 0 Å². The van der Waals surface area contributed by atoms with E-state index in [1.54, 1.807) is 30.3 Å². The molecule has 0 atom stereocenters. The van der Waals surface area contributed by atoms with Gasteiger partial charge in [0, 0.05) is 15.6 Å². The van der Waals surface area contributed by atoms with E-state index in [2.05, 4.69) is 15.9 Å². The van der Waals surface area contributed by atoms with Crippen molar-refractivity contribution in [1.29, 1.82) is 0 Å². The van der Waals surface area contributed by atoms with E-state index in [0.717, 1.165) is 0 Å². The number of phenols is 1. The molecule has 0 aliphatic carbocycles. The molecule has 0 aromatic heterocycles. The van der Waals surface area contributed by atoms with Gasteiger partial charge in [0.1, 0.15) is 5.75 Å². The van der Waals surface area contributed by atoms with E-state index < -0.39 is 0 Å². The van der Waals surface area contributed by atoms with E-state index in [9.17, 15) is 9.90 Å². The minimum atomic E-state index is -0.217. The number of anilines is 1. The van der Waals surface area contributed by atoms with Crippen molar-refractivity contribution >= 4 is 27.4 Å². The average Bonchev–Trinajstić information content (AvgIpc) is 2.32. The van der Waals surface area contributed by atoms with Crippen molar-refractivity contribution in [3.8, 4) is 5.75 Å². The topological polar surface area (TPSA) is 63.3 Å². The summed E-state index contributed by atoms with van der Waals surface area (Å²) >= 11 is 3.31. The molecule has 4 heteroatoms. The van der Waals surface area contributed by atoms with Gasteiger partial charge >= 0.3 is 0 Å². The number of rotatable bonds is 2. The highest BCUT2D eigenvalue weighted by Gasteiger charge is 2.16. The molecule has 3 N–H and O–H groups in total. The minimum Gasteiger partial charge on any atom is -0.506 e. The third kappa shape index (κ3) is 2.17. The normalized spacial score (nSPS) is 10.2. The van der Waals surface area contributed by atoms with Gasteiger partial charge in [0.2, 0.25) is 0 Å². The summed E-state index contributed by atoms with van der Waals surface area (Å²) in [5, 5.41) is 9.48. The molecule has 2 aromatic rings. The van der Waals surface area contributed by atoms with Crippen LogP contribution in [0.25, 0.3) is 0 Å². The second-order valence-electron chi connectivity index (χ2n) is 3.55. The largest absolute Gasteiger partial charge is 0.506 e. The summed E-state index contributed by atoms with van der Waals surface area (Å²) in [7, 11) is 0. The Morgan fingerprint density at radius 1 is 1.06 bits per heavy atom. The highest BCUT2D eigenvalue weighted by Crippen LogP contribution is 2.27. The van der Waals surface area contributed by atoms with Crippen LogP contribution in [0.15, 0.2) is 46.9 Å². The third-order valence-corrected chi connectivity index (χ3v) is 3.14. The monoisotopic (exact) mass is 291 g/mol. The molecule has 0 spiro atoms. The molecule has 0 bridgehead atoms. The molecular formula is C13H10BrNO2. The van der Waals surface area contributed by atoms with Crippen molar-refractivity contribution in [3.05, 3.63) is 58.1 Å². The SMILES string of the molecule is Nc1c(O)cccc1C(=O)c1ccccc1Br. The van der Waals surface area contributed by atoms with E-state index in [1.807, 2.05) is 6.07 Å². The average molecular weight is 292 g/mol. The molecule has 2 rings (SSSR count). The van der Waals surface area contributed by atoms with Gasteiger partial charge in [-0.2, -0.15) is 0 Å². The molecule has 17 heavy (non-hydrogen) atoms. The number of para-hydroxylation sites is 1. The fourth-order valence-corrected chi connectivity index (χ4v) is 2.01. The number of halogens is 1. The number of hydrogen-bond acceptors (Lipinski definition) is 3. The zero-order valence-corrected chi connectivity index (χ0v) is 10.4. The summed E-state index contributed by atoms with van der Waals surface area (Å²) < 4.78 is 0.702. The Hall–Kier alpha value is -1.81. The van der Waals surface area contributed by atoms with Gasteiger partial charge in [0.05, 0.1) is 5.69 Å². The predicted molar refractivity (Wildman–Crippen MR) is 70.1 cm³/mol. The van der Waals surface area contributed by atoms with Crippen LogP contribution in [0.3, 0.4) is 0 Å². The van der Waals surface area contributed by atoms with Gasteiger partial charge in [-0.05, 0) is 24.3 Å². The Bertz CT molecular complexity index is 581. The standard InChI is InChI=1S/C13H10BrNO2/c14-10-6-2-1-4-8(10)13(17)9-5-3-7-11(16)12(9)15/h1-7,16H,15H2. The Balaban J connectivity index is 2.52. The van der Waals surface area contributed by atoms with Crippen LogP contribution in [0.2, 0.25) is 0 Å². The second-order valence-corrected chi connectivity index (χ2v) is 4.40. The Labute approximate surface area is 107 Å². The third-order valence-electron chi connectivity index (χ3n) is 2.45. The smallest absolute Gasteiger partial charge is 0.196 e. The molecule has 0 aliphatic rings. The van der Waals surface area contributed by atoms with Crippen LogP contribution in [-0.4, -0.2) is 10.9 Å². The van der Waals surface area contributed by atoms with Crippen LogP contribution < -0.4 is 5.73 Å². The molecule has 0 saturated carbocycles. The first-order chi connectivity index (χ1) is 8.11. The van der Waals surface area contributed by atoms with Crippen LogP contribution >= 0.6 is 15.9 Å². The summed E-state index contributed by atoms with van der Waals surface area (Å²) in [6, 6.07) is 11.7. The van der Waals surface area contributed by atoms with Crippen LogP contribution in [0.1, 0.15) is 15.9 Å². The molecule has 0 unspecified atom stereocenters. The van der Waals surface area contributed by atoms with Gasteiger partial charge in [-0.1, -0.05) is 34.1 Å². The Kier molecular flexibility index (Phi) is 3.15. The molecular weight excluding hydrogens is 282 g/mol. The first-order valence-electron chi connectivity index (χ1n) is 4.98. The zero-order chi connectivity index (χ0) is 12.4. The summed E-state index contributed by atoms with van der Waals surface area (Å²) in [4.78, 5) is 12.2. The zero-order valence-electron chi connectivity index (χ0n) is 8.85. The molecule has 0 fully saturated rings. The lowest BCUT2D eigenvalue weighted by atomic mass is 10.0. The lowest BCUT2D eigenvalue weighted by Gasteiger charge is -2.07. The van der Waals surface area contributed by atoms with E-state index in [0.29, 0.717) is 15.6 Å². The summed E-state index contributed by atoms with van der Waals surface area (Å²) in [6.07, 6.45) is 0. The van der Waals surface area contributed by atoms with Gasteiger partial charge < -0.3 is 10.8 Å². The number of carbonyl (C=O) groups excluding carboxylic acids is 1. The Morgan fingerprint density at radius 3 is 2.41 bits per heavy atom. The fraction of sp³-hybridized carbons (Fsp3) is 0. The van der Waals surface area contributed by atoms with Crippen molar-refractivity contribution < 1.29 is 9.90 Å². The van der Waals surface area contributed by atoms with Crippen molar-refractivity contribution in [2.24, 2.45) is 0 Å². The van der Waals surface area contributed by atoms with E-state index in [1.165, 1.54) is 6.07 Å². The first-order valence-corrected chi connectivity index (χ1v) is 5.77. The maximum Gasteiger partial charge on any atom is 0.196 e. The number of hydrogen-bond donors (Lipinski definition) is 2. The van der Waals surface area contributed by atoms with Crippen LogP contribution in [0, 0.1) is 0 Å². The predicted octanol–water partition coefficient (Wildman–Crippen LogP) is 2.97. The van der Waals surface area contributed by atoms with E-state index in [-0.39, 0.29) is 17.2 Å². The lowest BCUT2D eigenvalue weighted by Crippen LogP contribution is -2.06. The maximum absolute atomic E-state index is 12.2. The van der Waals surface area contributed by atoms with Gasteiger partial charge in [0.15, 0.2) is 5.78 Å². The van der Waals surface area contributed by atoms with Crippen LogP contribution in [0.5, 0.6) is 5.75 Å². The number of nitrogen functional groups attached to an aromatic ring is 1. The number of ketones is 1. The van der Waals surface area contributed by atoms with Gasteiger partial charge in [-0.15, -0.1) is 0 Å². The summed E-state index contributed by atoms with van der Waals surface area (Å²) in [5.41, 5.74) is 6.61. The van der Waals surface area contributed by atoms with Gasteiger partial charge in [-0.3, -0.25) is 4.79 Å². The summed E-state index contributed by atoms with van der Waals surface area (Å²) in [6.45, 7) is 0. The van der Waals surface area contributed by atoms with E-state index >= 15 is 0 Å². The number of aromatic hydroxyl groups is 1. The number of phenolic OH excluding ortho intramolecular Hbond substituents is 1. The van der Waals surface area contributed by atoms with Crippen LogP contribution in [-0.2, 0) is 0 Å². The van der Waals surface area contributed by atoms with Crippen molar-refractivity contribution in [1.82, 2.24) is 0 Å². The van der Waals surface area contributed by atoms with Crippen molar-refractivity contribution in [2.45, 2.75) is 0 Å². The number of benzene rings is 2. The van der Waals surface area contributed by atoms with E-state index in [4.69, 9.17) is 5.73 Å². The fourth-order valence-electron chi connectivity index (χ4n) is 1.54. The number of carbonyl (C=O) groups is 1. The number of nitrogens with two attached hydrogens (primary N) is 1. The molecule has 0 aliphatic heterocycles. The molecule has 2 aromatic carbocycles. The molecule has 0 radical (unpaired) electrons. The van der Waals surface area contributed by atoms with Crippen LogP contribution in [0.4, 0.5) is 5.69 Å². The minimum absolute atomic E-state index is 0.0806.